The van der Waals surface area contributed by atoms with Gasteiger partial charge in [-0.3, -0.25) is 29.0 Å². The van der Waals surface area contributed by atoms with Crippen LogP contribution in [0.15, 0.2) is 4.99 Å². The second kappa shape index (κ2) is 14.5. The molecule has 1 amide bonds. The first-order valence-corrected chi connectivity index (χ1v) is 13.6. The lowest BCUT2D eigenvalue weighted by atomic mass is 9.89. The molecule has 0 bridgehead atoms. The number of carbonyl (C=O) groups is 6. The van der Waals surface area contributed by atoms with E-state index >= 15 is 0 Å². The van der Waals surface area contributed by atoms with E-state index in [1.165, 1.54) is 18.7 Å². The predicted octanol–water partition coefficient (Wildman–Crippen LogP) is 0.344. The number of methoxy groups -OCH3 is 1. The second-order valence-electron chi connectivity index (χ2n) is 8.53. The summed E-state index contributed by atoms with van der Waals surface area (Å²) in [4.78, 5) is 75.8. The quantitative estimate of drug-likeness (QED) is 0.271. The van der Waals surface area contributed by atoms with Crippen molar-refractivity contribution >= 4 is 63.7 Å². The Balaban J connectivity index is 2.72. The summed E-state index contributed by atoms with van der Waals surface area (Å²) in [6, 6.07) is -1.21. The Morgan fingerprint density at radius 1 is 1.05 bits per heavy atom. The monoisotopic (exact) mass is 592 g/mol. The molecule has 2 rings (SSSR count). The number of nitrogens with one attached hydrogen (secondary N) is 1. The van der Waals surface area contributed by atoms with Gasteiger partial charge >= 0.3 is 29.8 Å². The molecular formula is C23H32N2O12S2. The Morgan fingerprint density at radius 3 is 2.21 bits per heavy atom. The highest BCUT2D eigenvalue weighted by atomic mass is 32.2. The summed E-state index contributed by atoms with van der Waals surface area (Å²) in [5.74, 6) is -3.86. The summed E-state index contributed by atoms with van der Waals surface area (Å²) in [7, 11) is 1.14. The maximum Gasteiger partial charge on any atom is 0.349 e. The van der Waals surface area contributed by atoms with E-state index in [0.29, 0.717) is 16.7 Å². The van der Waals surface area contributed by atoms with Crippen molar-refractivity contribution in [2.45, 2.75) is 76.4 Å². The Labute approximate surface area is 233 Å². The molecule has 0 saturated carbocycles. The van der Waals surface area contributed by atoms with Crippen molar-refractivity contribution in [3.05, 3.63) is 0 Å². The number of carbonyl (C=O) groups excluding carboxylic acids is 6. The molecule has 14 nitrogen and oxygen atoms in total. The number of esters is 5. The minimum absolute atomic E-state index is 0.278. The second-order valence-corrected chi connectivity index (χ2v) is 11.1. The van der Waals surface area contributed by atoms with Gasteiger partial charge in [0.15, 0.2) is 12.2 Å². The lowest BCUT2D eigenvalue weighted by Crippen LogP contribution is -2.68. The van der Waals surface area contributed by atoms with Crippen LogP contribution < -0.4 is 5.32 Å². The number of ether oxygens (including phenoxy) is 6. The van der Waals surface area contributed by atoms with Gasteiger partial charge in [0.2, 0.25) is 10.8 Å². The average Bonchev–Trinajstić information content (AvgIpc) is 3.33. The van der Waals surface area contributed by atoms with Crippen LogP contribution >= 0.6 is 23.5 Å². The molecule has 0 aromatic heterocycles. The number of nitrogens with zero attached hydrogens (tertiary/aromatic N) is 1. The number of hydrogen-bond acceptors (Lipinski definition) is 15. The van der Waals surface area contributed by atoms with Crippen LogP contribution in [-0.4, -0.2) is 102 Å². The maximum atomic E-state index is 13.3. The van der Waals surface area contributed by atoms with E-state index < -0.39 is 77.8 Å². The van der Waals surface area contributed by atoms with Crippen molar-refractivity contribution < 1.29 is 57.2 Å². The summed E-state index contributed by atoms with van der Waals surface area (Å²) in [5.41, 5.74) is 0. The molecule has 0 radical (unpaired) electrons. The molecule has 6 atom stereocenters. The van der Waals surface area contributed by atoms with Crippen LogP contribution in [0.4, 0.5) is 0 Å². The maximum absolute atomic E-state index is 13.3. The zero-order valence-corrected chi connectivity index (χ0v) is 24.0. The molecule has 0 unspecified atom stereocenters. The fourth-order valence-electron chi connectivity index (χ4n) is 4.02. The van der Waals surface area contributed by atoms with E-state index in [0.717, 1.165) is 46.6 Å². The SMILES string of the molecule is COC(=O)[C@@]1(SC2=NCCS2)C[C@H](OC(C)=O)[C@@H](NC(C)=O)[C@H]([C@H](OC(C)=O)[C@@H](COC(C)=O)OC(C)=O)O1. The number of thioether (sulfide) groups is 2. The largest absolute Gasteiger partial charge is 0.466 e. The minimum Gasteiger partial charge on any atom is -0.466 e. The number of rotatable bonds is 10. The smallest absolute Gasteiger partial charge is 0.349 e. The molecule has 0 aromatic carbocycles. The van der Waals surface area contributed by atoms with Gasteiger partial charge in [0.05, 0.1) is 19.7 Å². The summed E-state index contributed by atoms with van der Waals surface area (Å²) in [5, 5.41) is 2.62. The van der Waals surface area contributed by atoms with E-state index in [2.05, 4.69) is 10.3 Å². The lowest BCUT2D eigenvalue weighted by molar-refractivity contribution is -0.223. The number of amides is 1. The Hall–Kier alpha value is -2.85. The molecule has 0 spiro atoms. The molecule has 2 heterocycles. The van der Waals surface area contributed by atoms with Gasteiger partial charge in [-0.2, -0.15) is 0 Å². The third-order valence-corrected chi connectivity index (χ3v) is 7.73. The molecule has 1 saturated heterocycles. The molecule has 218 valence electrons. The third kappa shape index (κ3) is 9.39. The van der Waals surface area contributed by atoms with Crippen molar-refractivity contribution in [3.63, 3.8) is 0 Å². The van der Waals surface area contributed by atoms with Gasteiger partial charge in [0.1, 0.15) is 23.2 Å². The zero-order valence-electron chi connectivity index (χ0n) is 22.4. The van der Waals surface area contributed by atoms with Crippen molar-refractivity contribution in [2.75, 3.05) is 26.0 Å². The van der Waals surface area contributed by atoms with Crippen LogP contribution in [-0.2, 0) is 57.2 Å². The molecular weight excluding hydrogens is 560 g/mol. The average molecular weight is 593 g/mol. The first-order chi connectivity index (χ1) is 18.3. The normalized spacial score (nSPS) is 25.8. The minimum atomic E-state index is -1.88. The summed E-state index contributed by atoms with van der Waals surface area (Å²) >= 11 is 2.29. The molecule has 16 heteroatoms. The van der Waals surface area contributed by atoms with Crippen LogP contribution in [0.1, 0.15) is 41.0 Å². The Kier molecular flexibility index (Phi) is 12.0. The molecule has 2 aliphatic heterocycles. The predicted molar refractivity (Wildman–Crippen MR) is 137 cm³/mol. The van der Waals surface area contributed by atoms with Crippen molar-refractivity contribution in [2.24, 2.45) is 4.99 Å². The van der Waals surface area contributed by atoms with Gasteiger partial charge < -0.3 is 33.7 Å². The van der Waals surface area contributed by atoms with Crippen LogP contribution in [0.25, 0.3) is 0 Å². The molecule has 0 aromatic rings. The van der Waals surface area contributed by atoms with Gasteiger partial charge in [-0.15, -0.1) is 0 Å². The standard InChI is InChI=1S/C23H32N2O12S2/c1-11(26)25-18-16(34-13(3)28)9-23(21(31)32-6,39-22-24-7-8-38-22)37-20(18)19(36-15(5)30)17(35-14(4)29)10-33-12(2)27/h16-20H,7-10H2,1-6H3,(H,25,26)/t16-,17+,18+,19+,20+,23-/m0/s1. The zero-order chi connectivity index (χ0) is 29.3. The van der Waals surface area contributed by atoms with Crippen molar-refractivity contribution in [1.29, 1.82) is 0 Å². The number of aliphatic imine (C=N–C) groups is 1. The molecule has 2 aliphatic rings. The van der Waals surface area contributed by atoms with E-state index in [4.69, 9.17) is 28.4 Å². The fraction of sp³-hybridized carbons (Fsp3) is 0.696. The first kappa shape index (κ1) is 32.4. The van der Waals surface area contributed by atoms with Gasteiger partial charge in [0, 0.05) is 46.8 Å². The van der Waals surface area contributed by atoms with Gasteiger partial charge in [-0.05, 0) is 0 Å². The first-order valence-electron chi connectivity index (χ1n) is 11.8. The third-order valence-electron chi connectivity index (χ3n) is 5.30. The molecule has 39 heavy (non-hydrogen) atoms. The molecule has 0 aliphatic carbocycles. The molecule has 1 fully saturated rings. The number of hydrogen-bond donors (Lipinski definition) is 1. The van der Waals surface area contributed by atoms with Crippen molar-refractivity contribution in [3.8, 4) is 0 Å². The van der Waals surface area contributed by atoms with E-state index in [-0.39, 0.29) is 6.42 Å². The van der Waals surface area contributed by atoms with Gasteiger partial charge in [-0.25, -0.2) is 4.79 Å². The highest BCUT2D eigenvalue weighted by molar-refractivity contribution is 8.39. The summed E-state index contributed by atoms with van der Waals surface area (Å²) in [6.07, 6.45) is -5.95. The van der Waals surface area contributed by atoms with E-state index in [9.17, 15) is 28.8 Å². The summed E-state index contributed by atoms with van der Waals surface area (Å²) < 4.78 is 33.3. The van der Waals surface area contributed by atoms with Crippen LogP contribution in [0, 0.1) is 0 Å². The van der Waals surface area contributed by atoms with Crippen LogP contribution in [0.5, 0.6) is 0 Å². The topological polar surface area (TPSA) is 182 Å². The fourth-order valence-corrected chi connectivity index (χ4v) is 6.46. The van der Waals surface area contributed by atoms with E-state index in [1.54, 1.807) is 0 Å². The van der Waals surface area contributed by atoms with Crippen LogP contribution in [0.3, 0.4) is 0 Å². The summed E-state index contributed by atoms with van der Waals surface area (Å²) in [6.45, 7) is 5.58. The Bertz CT molecular complexity index is 1010. The highest BCUT2D eigenvalue weighted by Gasteiger charge is 2.59. The molecule has 1 N–H and O–H groups in total. The highest BCUT2D eigenvalue weighted by Crippen LogP contribution is 2.45. The van der Waals surface area contributed by atoms with Crippen LogP contribution in [0.2, 0.25) is 0 Å². The van der Waals surface area contributed by atoms with E-state index in [1.807, 2.05) is 0 Å². The van der Waals surface area contributed by atoms with Gasteiger partial charge in [0.25, 0.3) is 0 Å². The lowest BCUT2D eigenvalue weighted by Gasteiger charge is -2.48. The van der Waals surface area contributed by atoms with Gasteiger partial charge in [-0.1, -0.05) is 23.5 Å². The van der Waals surface area contributed by atoms with Crippen molar-refractivity contribution in [1.82, 2.24) is 5.32 Å². The Morgan fingerprint density at radius 2 is 1.72 bits per heavy atom.